The van der Waals surface area contributed by atoms with Gasteiger partial charge >= 0.3 is 6.03 Å². The molecule has 3 heterocycles. The first-order valence-corrected chi connectivity index (χ1v) is 8.47. The molecule has 0 aromatic carbocycles. The molecule has 0 aliphatic carbocycles. The van der Waals surface area contributed by atoms with Gasteiger partial charge in [-0.25, -0.2) is 9.48 Å². The highest BCUT2D eigenvalue weighted by Crippen LogP contribution is 2.23. The molecule has 0 saturated carbocycles. The zero-order valence-corrected chi connectivity index (χ0v) is 14.5. The number of carbonyl (C=O) groups excluding carboxylic acids is 2. The van der Waals surface area contributed by atoms with Crippen molar-refractivity contribution in [3.05, 3.63) is 29.6 Å². The van der Waals surface area contributed by atoms with Gasteiger partial charge in [-0.2, -0.15) is 5.10 Å². The maximum atomic E-state index is 12.3. The predicted molar refractivity (Wildman–Crippen MR) is 89.1 cm³/mol. The van der Waals surface area contributed by atoms with Crippen LogP contribution in [0.4, 0.5) is 4.79 Å². The van der Waals surface area contributed by atoms with E-state index < -0.39 is 5.25 Å². The van der Waals surface area contributed by atoms with Crippen LogP contribution in [0.1, 0.15) is 18.3 Å². The van der Waals surface area contributed by atoms with Crippen molar-refractivity contribution in [3.63, 3.8) is 0 Å². The molecule has 1 aliphatic heterocycles. The monoisotopic (exact) mass is 346 g/mol. The third-order valence-electron chi connectivity index (χ3n) is 3.62. The molecule has 126 valence electrons. The Morgan fingerprint density at radius 2 is 2.12 bits per heavy atom. The lowest BCUT2D eigenvalue weighted by molar-refractivity contribution is -0.126. The van der Waals surface area contributed by atoms with Crippen LogP contribution >= 0.6 is 11.8 Å². The molecule has 1 aliphatic rings. The molecular weight excluding hydrogens is 328 g/mol. The third-order valence-corrected chi connectivity index (χ3v) is 4.64. The highest BCUT2D eigenvalue weighted by molar-refractivity contribution is 8.00. The van der Waals surface area contributed by atoms with E-state index in [-0.39, 0.29) is 11.9 Å². The molecule has 0 bridgehead atoms. The average molecular weight is 346 g/mol. The molecule has 8 nitrogen and oxygen atoms in total. The van der Waals surface area contributed by atoms with Crippen molar-refractivity contribution in [2.24, 2.45) is 0 Å². The van der Waals surface area contributed by atoms with E-state index in [1.807, 2.05) is 26.0 Å². The average Bonchev–Trinajstić information content (AvgIpc) is 3.12. The van der Waals surface area contributed by atoms with E-state index in [1.165, 1.54) is 16.7 Å². The van der Waals surface area contributed by atoms with Crippen molar-refractivity contribution >= 4 is 23.7 Å². The highest BCUT2D eigenvalue weighted by atomic mass is 32.2. The normalized spacial score (nSPS) is 15.5. The van der Waals surface area contributed by atoms with Crippen molar-refractivity contribution in [2.75, 3.05) is 13.1 Å². The zero-order chi connectivity index (χ0) is 17.3. The number of imide groups is 1. The number of rotatable bonds is 4. The minimum atomic E-state index is -0.414. The minimum absolute atomic E-state index is 0.223. The van der Waals surface area contributed by atoms with Crippen LogP contribution < -0.4 is 5.32 Å². The highest BCUT2D eigenvalue weighted by Gasteiger charge is 2.30. The molecule has 24 heavy (non-hydrogen) atoms. The van der Waals surface area contributed by atoms with Crippen molar-refractivity contribution < 1.29 is 9.59 Å². The molecule has 0 spiro atoms. The van der Waals surface area contributed by atoms with Crippen molar-refractivity contribution in [3.8, 4) is 5.82 Å². The summed E-state index contributed by atoms with van der Waals surface area (Å²) in [4.78, 5) is 25.1. The number of aromatic nitrogens is 4. The Morgan fingerprint density at radius 3 is 2.67 bits per heavy atom. The van der Waals surface area contributed by atoms with E-state index in [0.29, 0.717) is 23.9 Å². The van der Waals surface area contributed by atoms with Gasteiger partial charge in [-0.05, 0) is 39.0 Å². The lowest BCUT2D eigenvalue weighted by Crippen LogP contribution is -2.38. The lowest BCUT2D eigenvalue weighted by atomic mass is 10.4. The van der Waals surface area contributed by atoms with Crippen LogP contribution in [0.2, 0.25) is 0 Å². The van der Waals surface area contributed by atoms with Crippen molar-refractivity contribution in [1.29, 1.82) is 0 Å². The Labute approximate surface area is 143 Å². The predicted octanol–water partition coefficient (Wildman–Crippen LogP) is 1.31. The van der Waals surface area contributed by atoms with Crippen molar-refractivity contribution in [2.45, 2.75) is 31.0 Å². The molecule has 1 saturated heterocycles. The van der Waals surface area contributed by atoms with E-state index in [9.17, 15) is 9.59 Å². The second-order valence-electron chi connectivity index (χ2n) is 5.55. The van der Waals surface area contributed by atoms with Crippen LogP contribution in [0.25, 0.3) is 5.82 Å². The van der Waals surface area contributed by atoms with E-state index >= 15 is 0 Å². The third kappa shape index (κ3) is 3.25. The van der Waals surface area contributed by atoms with Crippen LogP contribution in [0.5, 0.6) is 0 Å². The summed E-state index contributed by atoms with van der Waals surface area (Å²) in [6.07, 6.45) is 0. The summed E-state index contributed by atoms with van der Waals surface area (Å²) in [5.41, 5.74) is 1.89. The fourth-order valence-corrected chi connectivity index (χ4v) is 3.31. The first kappa shape index (κ1) is 16.4. The minimum Gasteiger partial charge on any atom is -0.336 e. The molecular formula is C15H18N6O2S. The number of hydrogen-bond donors (Lipinski definition) is 1. The first-order valence-electron chi connectivity index (χ1n) is 7.59. The van der Waals surface area contributed by atoms with E-state index in [2.05, 4.69) is 20.6 Å². The van der Waals surface area contributed by atoms with Gasteiger partial charge in [0, 0.05) is 18.8 Å². The van der Waals surface area contributed by atoms with Crippen LogP contribution in [0, 0.1) is 13.8 Å². The van der Waals surface area contributed by atoms with E-state index in [0.717, 1.165) is 11.4 Å². The van der Waals surface area contributed by atoms with Gasteiger partial charge in [-0.1, -0.05) is 11.8 Å². The van der Waals surface area contributed by atoms with Crippen molar-refractivity contribution in [1.82, 2.24) is 30.2 Å². The number of urea groups is 1. The number of hydrogen-bond acceptors (Lipinski definition) is 6. The topological polar surface area (TPSA) is 93.0 Å². The Balaban J connectivity index is 1.69. The number of thioether (sulfide) groups is 1. The van der Waals surface area contributed by atoms with Crippen LogP contribution in [0.3, 0.4) is 0 Å². The molecule has 3 rings (SSSR count). The lowest BCUT2D eigenvalue weighted by Gasteiger charge is -2.16. The van der Waals surface area contributed by atoms with Crippen LogP contribution in [-0.4, -0.2) is 55.2 Å². The molecule has 1 N–H and O–H groups in total. The summed E-state index contributed by atoms with van der Waals surface area (Å²) >= 11 is 1.28. The summed E-state index contributed by atoms with van der Waals surface area (Å²) in [6.45, 7) is 6.54. The number of carbonyl (C=O) groups is 2. The number of amides is 3. The summed E-state index contributed by atoms with van der Waals surface area (Å²) in [5, 5.41) is 15.5. The van der Waals surface area contributed by atoms with Gasteiger partial charge in [0.2, 0.25) is 5.91 Å². The van der Waals surface area contributed by atoms with Gasteiger partial charge in [0.05, 0.1) is 10.9 Å². The standard InChI is InChI=1S/C15H18N6O2S/c1-9-8-10(2)21(19-9)12-4-5-13(18-17-12)24-11(3)14(22)20-7-6-16-15(20)23/h4-5,8,11H,6-7H2,1-3H3,(H,16,23). The van der Waals surface area contributed by atoms with E-state index in [1.54, 1.807) is 17.7 Å². The van der Waals surface area contributed by atoms with Crippen LogP contribution in [0.15, 0.2) is 23.2 Å². The summed E-state index contributed by atoms with van der Waals surface area (Å²) in [7, 11) is 0. The molecule has 3 amide bonds. The van der Waals surface area contributed by atoms with Gasteiger partial charge in [-0.3, -0.25) is 9.69 Å². The first-order chi connectivity index (χ1) is 11.5. The SMILES string of the molecule is Cc1cc(C)n(-c2ccc(SC(C)C(=O)N3CCNC3=O)nn2)n1. The molecule has 1 fully saturated rings. The van der Waals surface area contributed by atoms with E-state index in [4.69, 9.17) is 0 Å². The fourth-order valence-electron chi connectivity index (χ4n) is 2.48. The quantitative estimate of drug-likeness (QED) is 0.839. The molecule has 1 atom stereocenters. The summed E-state index contributed by atoms with van der Waals surface area (Å²) < 4.78 is 1.72. The Morgan fingerprint density at radius 1 is 1.33 bits per heavy atom. The van der Waals surface area contributed by atoms with Gasteiger partial charge in [0.15, 0.2) is 5.82 Å². The van der Waals surface area contributed by atoms with Gasteiger partial charge < -0.3 is 5.32 Å². The Hall–Kier alpha value is -2.42. The Kier molecular flexibility index (Phi) is 4.52. The number of nitrogens with zero attached hydrogens (tertiary/aromatic N) is 5. The molecule has 0 radical (unpaired) electrons. The number of aryl methyl sites for hydroxylation is 2. The maximum absolute atomic E-state index is 12.3. The maximum Gasteiger partial charge on any atom is 0.324 e. The molecule has 1 unspecified atom stereocenters. The summed E-state index contributed by atoms with van der Waals surface area (Å²) in [5.74, 6) is 0.405. The van der Waals surface area contributed by atoms with Gasteiger partial charge in [0.1, 0.15) is 5.03 Å². The molecule has 2 aromatic heterocycles. The Bertz CT molecular complexity index is 773. The second-order valence-corrected chi connectivity index (χ2v) is 6.91. The van der Waals surface area contributed by atoms with Crippen LogP contribution in [-0.2, 0) is 4.79 Å². The number of nitrogens with one attached hydrogen (secondary N) is 1. The largest absolute Gasteiger partial charge is 0.336 e. The van der Waals surface area contributed by atoms with Gasteiger partial charge in [0.25, 0.3) is 0 Å². The zero-order valence-electron chi connectivity index (χ0n) is 13.7. The van der Waals surface area contributed by atoms with Gasteiger partial charge in [-0.15, -0.1) is 10.2 Å². The second kappa shape index (κ2) is 6.60. The molecule has 9 heteroatoms. The molecule has 2 aromatic rings. The fraction of sp³-hybridized carbons (Fsp3) is 0.400. The smallest absolute Gasteiger partial charge is 0.324 e. The summed E-state index contributed by atoms with van der Waals surface area (Å²) in [6, 6.07) is 5.25.